The molecule has 3 aromatic rings. The number of carbonyl (C=O) groups excluding carboxylic acids is 1. The van der Waals surface area contributed by atoms with Crippen LogP contribution >= 0.6 is 0 Å². The van der Waals surface area contributed by atoms with Crippen LogP contribution in [0.5, 0.6) is 0 Å². The number of aromatic nitrogens is 3. The van der Waals surface area contributed by atoms with Crippen molar-refractivity contribution < 1.29 is 22.7 Å². The summed E-state index contributed by atoms with van der Waals surface area (Å²) >= 11 is 0. The maximum absolute atomic E-state index is 13.9. The number of pyridine rings is 1. The molecular formula is C26H30F3N5O2. The molecule has 1 aromatic carbocycles. The van der Waals surface area contributed by atoms with E-state index in [-0.39, 0.29) is 51.9 Å². The van der Waals surface area contributed by atoms with E-state index in [9.17, 15) is 18.0 Å². The topological polar surface area (TPSA) is 103 Å². The van der Waals surface area contributed by atoms with Gasteiger partial charge in [-0.1, -0.05) is 6.07 Å². The molecule has 0 aliphatic heterocycles. The van der Waals surface area contributed by atoms with Crippen molar-refractivity contribution in [3.05, 3.63) is 41.8 Å². The molecule has 0 spiro atoms. The molecule has 10 heteroatoms. The molecule has 2 heterocycles. The Bertz CT molecular complexity index is 1250. The first-order valence-electron chi connectivity index (χ1n) is 12.0. The van der Waals surface area contributed by atoms with Gasteiger partial charge in [-0.05, 0) is 70.6 Å². The monoisotopic (exact) mass is 501 g/mol. The van der Waals surface area contributed by atoms with Gasteiger partial charge in [0.25, 0.3) is 6.43 Å². The van der Waals surface area contributed by atoms with Gasteiger partial charge < -0.3 is 15.8 Å². The summed E-state index contributed by atoms with van der Waals surface area (Å²) in [7, 11) is 0. The summed E-state index contributed by atoms with van der Waals surface area (Å²) in [5.41, 5.74) is 5.42. The summed E-state index contributed by atoms with van der Waals surface area (Å²) in [4.78, 5) is 25.1. The summed E-state index contributed by atoms with van der Waals surface area (Å²) in [5, 5.41) is 3.24. The van der Waals surface area contributed by atoms with Crippen LogP contribution in [0.4, 0.5) is 24.8 Å². The zero-order valence-electron chi connectivity index (χ0n) is 20.5. The molecule has 36 heavy (non-hydrogen) atoms. The van der Waals surface area contributed by atoms with E-state index in [2.05, 4.69) is 20.3 Å². The molecule has 0 bridgehead atoms. The number of anilines is 2. The minimum atomic E-state index is -2.81. The second kappa shape index (κ2) is 10.3. The summed E-state index contributed by atoms with van der Waals surface area (Å²) in [6, 6.07) is 5.34. The Hall–Kier alpha value is -3.43. The first kappa shape index (κ1) is 25.7. The number of halogens is 3. The van der Waals surface area contributed by atoms with Gasteiger partial charge in [0.05, 0.1) is 17.6 Å². The lowest BCUT2D eigenvalue weighted by Crippen LogP contribution is -2.30. The standard InChI is InChI=1S/C26H30F3N5O2/c1-26(2,3)36-22(35)10-14-4-7-16(8-5-14)32-25-31-13-21-23(34-25)17(24(28)29)12-20(33-21)15-6-9-19(30)18(27)11-15/h6,9,11-14,16,24H,4-5,7-8,10,30H2,1-3H3,(H,31,32,34). The SMILES string of the molecule is CC(C)(C)OC(=O)CC1CCC(Nc2ncc3nc(-c4ccc(N)c(F)c4)cc(C(F)F)c3n2)CC1. The third-order valence-electron chi connectivity index (χ3n) is 6.16. The lowest BCUT2D eigenvalue weighted by molar-refractivity contribution is -0.156. The fourth-order valence-electron chi connectivity index (χ4n) is 4.43. The number of esters is 1. The third-order valence-corrected chi connectivity index (χ3v) is 6.16. The third kappa shape index (κ3) is 6.22. The molecular weight excluding hydrogens is 471 g/mol. The van der Waals surface area contributed by atoms with Crippen LogP contribution in [0.1, 0.15) is 64.9 Å². The Morgan fingerprint density at radius 2 is 1.89 bits per heavy atom. The highest BCUT2D eigenvalue weighted by Crippen LogP contribution is 2.33. The maximum Gasteiger partial charge on any atom is 0.306 e. The highest BCUT2D eigenvalue weighted by molar-refractivity contribution is 5.82. The molecule has 0 saturated heterocycles. The smallest absolute Gasteiger partial charge is 0.306 e. The van der Waals surface area contributed by atoms with Crippen LogP contribution in [-0.4, -0.2) is 32.6 Å². The average molecular weight is 502 g/mol. The Labute approximate surface area is 207 Å². The first-order chi connectivity index (χ1) is 17.0. The molecule has 0 amide bonds. The van der Waals surface area contributed by atoms with Gasteiger partial charge in [0.2, 0.25) is 5.95 Å². The quantitative estimate of drug-likeness (QED) is 0.313. The minimum Gasteiger partial charge on any atom is -0.460 e. The van der Waals surface area contributed by atoms with Gasteiger partial charge in [0.1, 0.15) is 22.5 Å². The number of hydrogen-bond acceptors (Lipinski definition) is 7. The van der Waals surface area contributed by atoms with E-state index in [4.69, 9.17) is 10.5 Å². The zero-order chi connectivity index (χ0) is 26.0. The summed E-state index contributed by atoms with van der Waals surface area (Å²) in [6.45, 7) is 5.55. The van der Waals surface area contributed by atoms with Gasteiger partial charge in [-0.15, -0.1) is 0 Å². The minimum absolute atomic E-state index is 0.0356. The van der Waals surface area contributed by atoms with Crippen LogP contribution in [0.25, 0.3) is 22.3 Å². The number of hydrogen-bond donors (Lipinski definition) is 2. The molecule has 4 rings (SSSR count). The number of rotatable bonds is 6. The zero-order valence-corrected chi connectivity index (χ0v) is 20.5. The predicted octanol–water partition coefficient (Wildman–Crippen LogP) is 6.05. The fraction of sp³-hybridized carbons (Fsp3) is 0.462. The fourth-order valence-corrected chi connectivity index (χ4v) is 4.43. The highest BCUT2D eigenvalue weighted by atomic mass is 19.3. The first-order valence-corrected chi connectivity index (χ1v) is 12.0. The number of benzene rings is 1. The van der Waals surface area contributed by atoms with Crippen molar-refractivity contribution in [2.75, 3.05) is 11.1 Å². The van der Waals surface area contributed by atoms with Crippen molar-refractivity contribution in [1.29, 1.82) is 0 Å². The van der Waals surface area contributed by atoms with Gasteiger partial charge in [-0.2, -0.15) is 0 Å². The van der Waals surface area contributed by atoms with E-state index < -0.39 is 17.8 Å². The second-order valence-electron chi connectivity index (χ2n) is 10.2. The van der Waals surface area contributed by atoms with E-state index in [1.165, 1.54) is 24.4 Å². The van der Waals surface area contributed by atoms with Crippen molar-refractivity contribution in [2.24, 2.45) is 5.92 Å². The maximum atomic E-state index is 13.9. The second-order valence-corrected chi connectivity index (χ2v) is 10.2. The number of ether oxygens (including phenoxy) is 1. The lowest BCUT2D eigenvalue weighted by atomic mass is 9.84. The molecule has 0 radical (unpaired) electrons. The average Bonchev–Trinajstić information content (AvgIpc) is 2.80. The predicted molar refractivity (Wildman–Crippen MR) is 132 cm³/mol. The molecule has 1 aliphatic carbocycles. The molecule has 1 fully saturated rings. The number of carbonyl (C=O) groups is 1. The largest absolute Gasteiger partial charge is 0.460 e. The molecule has 0 atom stereocenters. The number of alkyl halides is 2. The number of fused-ring (bicyclic) bond motifs is 1. The number of nitrogens with zero attached hydrogens (tertiary/aromatic N) is 3. The van der Waals surface area contributed by atoms with Gasteiger partial charge in [-0.25, -0.2) is 28.1 Å². The van der Waals surface area contributed by atoms with Gasteiger partial charge in [0, 0.05) is 23.6 Å². The Morgan fingerprint density at radius 3 is 2.53 bits per heavy atom. The van der Waals surface area contributed by atoms with Crippen molar-refractivity contribution in [2.45, 2.75) is 70.9 Å². The molecule has 1 saturated carbocycles. The number of nitrogen functional groups attached to an aromatic ring is 1. The van der Waals surface area contributed by atoms with Crippen LogP contribution in [0.15, 0.2) is 30.5 Å². The number of nitrogens with one attached hydrogen (secondary N) is 1. The Morgan fingerprint density at radius 1 is 1.17 bits per heavy atom. The van der Waals surface area contributed by atoms with Crippen LogP contribution in [0, 0.1) is 11.7 Å². The lowest BCUT2D eigenvalue weighted by Gasteiger charge is -2.29. The van der Waals surface area contributed by atoms with E-state index in [1.807, 2.05) is 20.8 Å². The molecule has 2 aromatic heterocycles. The van der Waals surface area contributed by atoms with Crippen LogP contribution in [0.3, 0.4) is 0 Å². The van der Waals surface area contributed by atoms with Crippen molar-refractivity contribution in [3.8, 4) is 11.3 Å². The summed E-state index contributed by atoms with van der Waals surface area (Å²) < 4.78 is 47.2. The van der Waals surface area contributed by atoms with E-state index in [0.29, 0.717) is 12.0 Å². The number of nitrogens with two attached hydrogens (primary N) is 1. The Balaban J connectivity index is 1.47. The van der Waals surface area contributed by atoms with E-state index >= 15 is 0 Å². The van der Waals surface area contributed by atoms with Crippen molar-refractivity contribution in [3.63, 3.8) is 0 Å². The van der Waals surface area contributed by atoms with Gasteiger partial charge >= 0.3 is 5.97 Å². The molecule has 7 nitrogen and oxygen atoms in total. The van der Waals surface area contributed by atoms with Crippen molar-refractivity contribution >= 4 is 28.6 Å². The van der Waals surface area contributed by atoms with Crippen LogP contribution in [-0.2, 0) is 9.53 Å². The van der Waals surface area contributed by atoms with Crippen LogP contribution in [0.2, 0.25) is 0 Å². The Kier molecular flexibility index (Phi) is 7.33. The van der Waals surface area contributed by atoms with E-state index in [1.54, 1.807) is 0 Å². The van der Waals surface area contributed by atoms with Gasteiger partial charge in [0.15, 0.2) is 0 Å². The highest BCUT2D eigenvalue weighted by Gasteiger charge is 2.26. The van der Waals surface area contributed by atoms with Crippen molar-refractivity contribution in [1.82, 2.24) is 15.0 Å². The summed E-state index contributed by atoms with van der Waals surface area (Å²) in [6.07, 6.45) is 2.26. The van der Waals surface area contributed by atoms with E-state index in [0.717, 1.165) is 31.7 Å². The summed E-state index contributed by atoms with van der Waals surface area (Å²) in [5.74, 6) is -0.343. The molecule has 192 valence electrons. The molecule has 1 aliphatic rings. The van der Waals surface area contributed by atoms with Gasteiger partial charge in [-0.3, -0.25) is 4.79 Å². The van der Waals surface area contributed by atoms with Crippen LogP contribution < -0.4 is 11.1 Å². The molecule has 3 N–H and O–H groups in total. The normalized spacial score (nSPS) is 18.4. The molecule has 0 unspecified atom stereocenters.